The number of benzene rings is 3. The number of nitrogens with zero attached hydrogens (tertiary/aromatic N) is 2. The van der Waals surface area contributed by atoms with Crippen LogP contribution < -0.4 is 9.62 Å². The molecule has 0 saturated carbocycles. The molecule has 0 aromatic heterocycles. The highest BCUT2D eigenvalue weighted by Gasteiger charge is 2.32. The van der Waals surface area contributed by atoms with Gasteiger partial charge in [0, 0.05) is 34.2 Å². The van der Waals surface area contributed by atoms with Crippen molar-refractivity contribution >= 4 is 62.3 Å². The second-order valence-corrected chi connectivity index (χ2v) is 10.9. The second-order valence-electron chi connectivity index (χ2n) is 7.81. The first-order chi connectivity index (χ1) is 17.1. The average Bonchev–Trinajstić information content (AvgIpc) is 2.86. The topological polar surface area (TPSA) is 86.8 Å². The fourth-order valence-corrected chi connectivity index (χ4v) is 5.56. The van der Waals surface area contributed by atoms with E-state index in [1.807, 2.05) is 0 Å². The molecule has 2 amide bonds. The number of anilines is 1. The molecule has 1 atom stereocenters. The lowest BCUT2D eigenvalue weighted by Crippen LogP contribution is -2.50. The van der Waals surface area contributed by atoms with Crippen molar-refractivity contribution in [1.29, 1.82) is 0 Å². The number of sulfonamides is 1. The minimum Gasteiger partial charge on any atom is -0.357 e. The Labute approximate surface area is 225 Å². The molecule has 1 N–H and O–H groups in total. The van der Waals surface area contributed by atoms with Crippen LogP contribution in [0.2, 0.25) is 15.1 Å². The molecule has 0 aliphatic rings. The average molecular weight is 569 g/mol. The SMILES string of the molecule is CNC(=O)[C@@H](C)N(Cc1c(Cl)cccc1Cl)C(=O)CN(c1ccccc1)S(=O)(=O)c1ccc(Cl)cc1. The van der Waals surface area contributed by atoms with Crippen molar-refractivity contribution in [3.8, 4) is 0 Å². The molecule has 0 saturated heterocycles. The Morgan fingerprint density at radius 2 is 1.47 bits per heavy atom. The first-order valence-electron chi connectivity index (χ1n) is 10.8. The van der Waals surface area contributed by atoms with Gasteiger partial charge in [-0.25, -0.2) is 8.42 Å². The lowest BCUT2D eigenvalue weighted by Gasteiger charge is -2.32. The maximum Gasteiger partial charge on any atom is 0.264 e. The van der Waals surface area contributed by atoms with Crippen molar-refractivity contribution in [2.45, 2.75) is 24.4 Å². The summed E-state index contributed by atoms with van der Waals surface area (Å²) in [6, 6.07) is 17.8. The normalized spacial score (nSPS) is 12.0. The van der Waals surface area contributed by atoms with Crippen LogP contribution in [0.15, 0.2) is 77.7 Å². The van der Waals surface area contributed by atoms with E-state index >= 15 is 0 Å². The van der Waals surface area contributed by atoms with Gasteiger partial charge in [0.05, 0.1) is 10.6 Å². The number of likely N-dealkylation sites (N-methyl/N-ethyl adjacent to an activating group) is 1. The summed E-state index contributed by atoms with van der Waals surface area (Å²) in [5.74, 6) is -1.05. The molecule has 0 aliphatic heterocycles. The summed E-state index contributed by atoms with van der Waals surface area (Å²) < 4.78 is 28.2. The molecule has 0 fully saturated rings. The monoisotopic (exact) mass is 567 g/mol. The van der Waals surface area contributed by atoms with Crippen LogP contribution >= 0.6 is 34.8 Å². The van der Waals surface area contributed by atoms with Gasteiger partial charge in [0.15, 0.2) is 0 Å². The number of amides is 2. The van der Waals surface area contributed by atoms with Crippen molar-refractivity contribution in [2.24, 2.45) is 0 Å². The van der Waals surface area contributed by atoms with E-state index in [1.54, 1.807) is 55.5 Å². The molecule has 0 unspecified atom stereocenters. The zero-order valence-electron chi connectivity index (χ0n) is 19.5. The van der Waals surface area contributed by atoms with E-state index in [4.69, 9.17) is 34.8 Å². The van der Waals surface area contributed by atoms with Gasteiger partial charge >= 0.3 is 0 Å². The van der Waals surface area contributed by atoms with E-state index < -0.39 is 34.4 Å². The first kappa shape index (κ1) is 27.8. The first-order valence-corrected chi connectivity index (χ1v) is 13.4. The Morgan fingerprint density at radius 1 is 0.889 bits per heavy atom. The van der Waals surface area contributed by atoms with Gasteiger partial charge in [-0.15, -0.1) is 0 Å². The molecular formula is C25H24Cl3N3O4S. The van der Waals surface area contributed by atoms with Crippen LogP contribution in [0.5, 0.6) is 0 Å². The molecule has 3 aromatic carbocycles. The van der Waals surface area contributed by atoms with Gasteiger partial charge in [0.2, 0.25) is 11.8 Å². The lowest BCUT2D eigenvalue weighted by molar-refractivity contribution is -0.139. The lowest BCUT2D eigenvalue weighted by atomic mass is 10.1. The molecule has 0 bridgehead atoms. The molecule has 11 heteroatoms. The Kier molecular flexibility index (Phi) is 9.24. The van der Waals surface area contributed by atoms with Crippen LogP contribution in [-0.4, -0.2) is 44.8 Å². The Hall–Kier alpha value is -2.78. The minimum absolute atomic E-state index is 0.0383. The molecule has 0 aliphatic carbocycles. The molecule has 0 heterocycles. The Balaban J connectivity index is 2.04. The van der Waals surface area contributed by atoms with E-state index in [0.717, 1.165) is 4.31 Å². The van der Waals surface area contributed by atoms with Crippen LogP contribution in [0.25, 0.3) is 0 Å². The summed E-state index contributed by atoms with van der Waals surface area (Å²) >= 11 is 18.6. The third-order valence-corrected chi connectivity index (χ3v) is 8.28. The zero-order valence-corrected chi connectivity index (χ0v) is 22.6. The Bertz CT molecular complexity index is 1320. The summed E-state index contributed by atoms with van der Waals surface area (Å²) in [5.41, 5.74) is 0.723. The number of nitrogens with one attached hydrogen (secondary N) is 1. The fraction of sp³-hybridized carbons (Fsp3) is 0.200. The van der Waals surface area contributed by atoms with Crippen molar-refractivity contribution in [2.75, 3.05) is 17.9 Å². The maximum atomic E-state index is 13.7. The molecule has 0 radical (unpaired) electrons. The number of hydrogen-bond donors (Lipinski definition) is 1. The molecule has 3 rings (SSSR count). The van der Waals surface area contributed by atoms with Gasteiger partial charge in [0.25, 0.3) is 10.0 Å². The predicted molar refractivity (Wildman–Crippen MR) is 143 cm³/mol. The number of carbonyl (C=O) groups excluding carboxylic acids is 2. The summed E-state index contributed by atoms with van der Waals surface area (Å²) in [6.07, 6.45) is 0. The third kappa shape index (κ3) is 6.31. The van der Waals surface area contributed by atoms with Crippen LogP contribution in [-0.2, 0) is 26.2 Å². The highest BCUT2D eigenvalue weighted by molar-refractivity contribution is 7.92. The summed E-state index contributed by atoms with van der Waals surface area (Å²) in [7, 11) is -2.72. The number of halogens is 3. The van der Waals surface area contributed by atoms with Crippen molar-refractivity contribution in [1.82, 2.24) is 10.2 Å². The van der Waals surface area contributed by atoms with E-state index in [9.17, 15) is 18.0 Å². The third-order valence-electron chi connectivity index (χ3n) is 5.53. The van der Waals surface area contributed by atoms with E-state index in [2.05, 4.69) is 5.32 Å². The zero-order chi connectivity index (χ0) is 26.5. The summed E-state index contributed by atoms with van der Waals surface area (Å²) in [6.45, 7) is 0.871. The van der Waals surface area contributed by atoms with Crippen molar-refractivity contribution in [3.63, 3.8) is 0 Å². The van der Waals surface area contributed by atoms with Gasteiger partial charge in [-0.05, 0) is 55.5 Å². The van der Waals surface area contributed by atoms with Gasteiger partial charge in [-0.2, -0.15) is 0 Å². The summed E-state index contributed by atoms with van der Waals surface area (Å²) in [5, 5.41) is 3.53. The van der Waals surface area contributed by atoms with E-state index in [-0.39, 0.29) is 17.1 Å². The molecule has 0 spiro atoms. The van der Waals surface area contributed by atoms with E-state index in [0.29, 0.717) is 20.6 Å². The quantitative estimate of drug-likeness (QED) is 0.393. The fourth-order valence-electron chi connectivity index (χ4n) is 3.50. The number of rotatable bonds is 9. The van der Waals surface area contributed by atoms with Gasteiger partial charge in [0.1, 0.15) is 12.6 Å². The van der Waals surface area contributed by atoms with Gasteiger partial charge in [-0.1, -0.05) is 59.1 Å². The van der Waals surface area contributed by atoms with Crippen molar-refractivity contribution < 1.29 is 18.0 Å². The van der Waals surface area contributed by atoms with E-state index in [1.165, 1.54) is 36.2 Å². The van der Waals surface area contributed by atoms with Crippen LogP contribution in [0, 0.1) is 0 Å². The highest BCUT2D eigenvalue weighted by atomic mass is 35.5. The summed E-state index contributed by atoms with van der Waals surface area (Å²) in [4.78, 5) is 27.4. The Morgan fingerprint density at radius 3 is 2.03 bits per heavy atom. The highest BCUT2D eigenvalue weighted by Crippen LogP contribution is 2.28. The molecule has 7 nitrogen and oxygen atoms in total. The predicted octanol–water partition coefficient (Wildman–Crippen LogP) is 5.01. The largest absolute Gasteiger partial charge is 0.357 e. The van der Waals surface area contributed by atoms with Gasteiger partial charge in [-0.3, -0.25) is 13.9 Å². The maximum absolute atomic E-state index is 13.7. The van der Waals surface area contributed by atoms with Crippen LogP contribution in [0.3, 0.4) is 0 Å². The number of hydrogen-bond acceptors (Lipinski definition) is 4. The number of carbonyl (C=O) groups is 2. The molecule has 190 valence electrons. The van der Waals surface area contributed by atoms with Crippen LogP contribution in [0.4, 0.5) is 5.69 Å². The van der Waals surface area contributed by atoms with Crippen LogP contribution in [0.1, 0.15) is 12.5 Å². The number of para-hydroxylation sites is 1. The smallest absolute Gasteiger partial charge is 0.264 e. The second kappa shape index (κ2) is 12.0. The molecule has 3 aromatic rings. The van der Waals surface area contributed by atoms with Gasteiger partial charge < -0.3 is 10.2 Å². The molecular weight excluding hydrogens is 545 g/mol. The molecule has 36 heavy (non-hydrogen) atoms. The van der Waals surface area contributed by atoms with Crippen molar-refractivity contribution in [3.05, 3.63) is 93.4 Å². The minimum atomic E-state index is -4.17. The standard InChI is InChI=1S/C25H24Cl3N3O4S/c1-17(25(33)29-2)30(15-21-22(27)9-6-10-23(21)28)24(32)16-31(19-7-4-3-5-8-19)36(34,35)20-13-11-18(26)12-14-20/h3-14,17H,15-16H2,1-2H3,(H,29,33)/t17-/m1/s1.